The number of rotatable bonds is 2. The Hall–Kier alpha value is -0.900. The summed E-state index contributed by atoms with van der Waals surface area (Å²) in [6.45, 7) is 7.04. The summed E-state index contributed by atoms with van der Waals surface area (Å²) in [6, 6.07) is 0. The van der Waals surface area contributed by atoms with Crippen molar-refractivity contribution in [3.8, 4) is 0 Å². The van der Waals surface area contributed by atoms with Gasteiger partial charge in [-0.25, -0.2) is 0 Å². The predicted octanol–water partition coefficient (Wildman–Crippen LogP) is 0.603. The number of carbonyl (C=O) groups excluding carboxylic acids is 2. The summed E-state index contributed by atoms with van der Waals surface area (Å²) in [4.78, 5) is 24.0. The number of nitrogens with zero attached hydrogens (tertiary/aromatic N) is 1. The molecule has 1 aliphatic rings. The van der Waals surface area contributed by atoms with E-state index >= 15 is 0 Å². The van der Waals surface area contributed by atoms with E-state index in [1.807, 2.05) is 13.8 Å². The quantitative estimate of drug-likeness (QED) is 0.612. The van der Waals surface area contributed by atoms with Gasteiger partial charge in [-0.15, -0.1) is 0 Å². The lowest BCUT2D eigenvalue weighted by atomic mass is 10.1. The second-order valence-corrected chi connectivity index (χ2v) is 4.30. The molecule has 0 radical (unpaired) electrons. The van der Waals surface area contributed by atoms with Gasteiger partial charge in [0.05, 0.1) is 18.6 Å². The smallest absolute Gasteiger partial charge is 0.230 e. The van der Waals surface area contributed by atoms with Crippen molar-refractivity contribution in [1.29, 1.82) is 0 Å². The van der Waals surface area contributed by atoms with Crippen LogP contribution in [0.25, 0.3) is 0 Å². The van der Waals surface area contributed by atoms with E-state index in [0.717, 1.165) is 0 Å². The SMILES string of the molecule is CC(=O)CC(=O)N1CCOC(C)(C)C1. The van der Waals surface area contributed by atoms with Crippen LogP contribution in [0.4, 0.5) is 0 Å². The first-order valence-corrected chi connectivity index (χ1v) is 4.82. The molecule has 0 aromatic heterocycles. The molecule has 0 N–H and O–H groups in total. The summed E-state index contributed by atoms with van der Waals surface area (Å²) < 4.78 is 5.47. The van der Waals surface area contributed by atoms with Gasteiger partial charge in [0.25, 0.3) is 0 Å². The van der Waals surface area contributed by atoms with E-state index in [4.69, 9.17) is 4.74 Å². The molecule has 0 aromatic rings. The maximum atomic E-state index is 11.5. The van der Waals surface area contributed by atoms with Gasteiger partial charge in [-0.2, -0.15) is 0 Å². The molecule has 80 valence electrons. The summed E-state index contributed by atoms with van der Waals surface area (Å²) >= 11 is 0. The first-order chi connectivity index (χ1) is 6.41. The first-order valence-electron chi connectivity index (χ1n) is 4.82. The zero-order chi connectivity index (χ0) is 10.8. The molecular weight excluding hydrogens is 182 g/mol. The van der Waals surface area contributed by atoms with E-state index in [2.05, 4.69) is 0 Å². The Labute approximate surface area is 84.2 Å². The molecule has 4 heteroatoms. The molecule has 0 saturated carbocycles. The van der Waals surface area contributed by atoms with E-state index in [-0.39, 0.29) is 23.7 Å². The lowest BCUT2D eigenvalue weighted by Gasteiger charge is -2.38. The average molecular weight is 199 g/mol. The summed E-state index contributed by atoms with van der Waals surface area (Å²) in [5.74, 6) is -0.173. The predicted molar refractivity (Wildman–Crippen MR) is 51.9 cm³/mol. The minimum atomic E-state index is -0.287. The molecule has 4 nitrogen and oxygen atoms in total. The number of hydrogen-bond donors (Lipinski definition) is 0. The van der Waals surface area contributed by atoms with Gasteiger partial charge in [-0.05, 0) is 20.8 Å². The van der Waals surface area contributed by atoms with Crippen LogP contribution in [0.5, 0.6) is 0 Å². The van der Waals surface area contributed by atoms with E-state index in [1.54, 1.807) is 4.90 Å². The highest BCUT2D eigenvalue weighted by Gasteiger charge is 2.29. The van der Waals surface area contributed by atoms with Crippen LogP contribution in [0.3, 0.4) is 0 Å². The van der Waals surface area contributed by atoms with Crippen LogP contribution in [0.1, 0.15) is 27.2 Å². The molecule has 1 saturated heterocycles. The van der Waals surface area contributed by atoms with Crippen molar-refractivity contribution in [2.24, 2.45) is 0 Å². The van der Waals surface area contributed by atoms with Gasteiger partial charge in [-0.1, -0.05) is 0 Å². The van der Waals surface area contributed by atoms with E-state index in [1.165, 1.54) is 6.92 Å². The van der Waals surface area contributed by atoms with Crippen LogP contribution in [-0.4, -0.2) is 41.9 Å². The summed E-state index contributed by atoms with van der Waals surface area (Å²) in [5.41, 5.74) is -0.287. The number of ether oxygens (including phenoxy) is 1. The van der Waals surface area contributed by atoms with Crippen molar-refractivity contribution in [1.82, 2.24) is 4.90 Å². The molecule has 1 fully saturated rings. The Morgan fingerprint density at radius 3 is 2.57 bits per heavy atom. The minimum Gasteiger partial charge on any atom is -0.372 e. The number of carbonyl (C=O) groups is 2. The zero-order valence-electron chi connectivity index (χ0n) is 9.00. The summed E-state index contributed by atoms with van der Waals surface area (Å²) in [6.07, 6.45) is 0.0100. The van der Waals surface area contributed by atoms with Gasteiger partial charge in [0.1, 0.15) is 5.78 Å². The maximum Gasteiger partial charge on any atom is 0.230 e. The van der Waals surface area contributed by atoms with Gasteiger partial charge in [0.15, 0.2) is 0 Å². The minimum absolute atomic E-state index is 0.0100. The molecule has 0 bridgehead atoms. The number of amides is 1. The second-order valence-electron chi connectivity index (χ2n) is 4.30. The van der Waals surface area contributed by atoms with Crippen molar-refractivity contribution in [2.75, 3.05) is 19.7 Å². The third-order valence-corrected chi connectivity index (χ3v) is 2.18. The number of Topliss-reactive ketones (excluding diaryl/α,β-unsaturated/α-hetero) is 1. The molecule has 0 aromatic carbocycles. The van der Waals surface area contributed by atoms with Crippen LogP contribution in [0, 0.1) is 0 Å². The van der Waals surface area contributed by atoms with Gasteiger partial charge < -0.3 is 9.64 Å². The van der Waals surface area contributed by atoms with Gasteiger partial charge in [0.2, 0.25) is 5.91 Å². The largest absolute Gasteiger partial charge is 0.372 e. The molecule has 1 amide bonds. The standard InChI is InChI=1S/C10H17NO3/c1-8(12)6-9(13)11-4-5-14-10(2,3)7-11/h4-7H2,1-3H3. The fraction of sp³-hybridized carbons (Fsp3) is 0.800. The third-order valence-electron chi connectivity index (χ3n) is 2.18. The molecule has 0 atom stereocenters. The Balaban J connectivity index is 2.52. The van der Waals surface area contributed by atoms with Crippen molar-refractivity contribution in [3.05, 3.63) is 0 Å². The van der Waals surface area contributed by atoms with Crippen molar-refractivity contribution < 1.29 is 14.3 Å². The lowest BCUT2D eigenvalue weighted by Crippen LogP contribution is -2.50. The normalized spacial score (nSPS) is 20.6. The number of ketones is 1. The highest BCUT2D eigenvalue weighted by molar-refractivity contribution is 5.96. The highest BCUT2D eigenvalue weighted by Crippen LogP contribution is 2.16. The second kappa shape index (κ2) is 4.09. The molecule has 1 aliphatic heterocycles. The Bertz CT molecular complexity index is 248. The van der Waals surface area contributed by atoms with Crippen LogP contribution in [-0.2, 0) is 14.3 Å². The fourth-order valence-electron chi connectivity index (χ4n) is 1.55. The van der Waals surface area contributed by atoms with Crippen LogP contribution < -0.4 is 0 Å². The van der Waals surface area contributed by atoms with Gasteiger partial charge >= 0.3 is 0 Å². The zero-order valence-corrected chi connectivity index (χ0v) is 9.00. The first kappa shape index (κ1) is 11.2. The van der Waals surface area contributed by atoms with Crippen molar-refractivity contribution >= 4 is 11.7 Å². The molecule has 0 unspecified atom stereocenters. The molecule has 1 heterocycles. The molecule has 14 heavy (non-hydrogen) atoms. The van der Waals surface area contributed by atoms with E-state index in [0.29, 0.717) is 19.7 Å². The Morgan fingerprint density at radius 1 is 1.43 bits per heavy atom. The summed E-state index contributed by atoms with van der Waals surface area (Å²) in [7, 11) is 0. The monoisotopic (exact) mass is 199 g/mol. The highest BCUT2D eigenvalue weighted by atomic mass is 16.5. The van der Waals surface area contributed by atoms with Crippen LogP contribution in [0.15, 0.2) is 0 Å². The third kappa shape index (κ3) is 3.10. The van der Waals surface area contributed by atoms with E-state index in [9.17, 15) is 9.59 Å². The van der Waals surface area contributed by atoms with Gasteiger partial charge in [0, 0.05) is 13.1 Å². The lowest BCUT2D eigenvalue weighted by molar-refractivity contribution is -0.147. The van der Waals surface area contributed by atoms with Crippen LogP contribution >= 0.6 is 0 Å². The Kier molecular flexibility index (Phi) is 3.26. The van der Waals surface area contributed by atoms with E-state index < -0.39 is 0 Å². The number of morpholine rings is 1. The molecule has 0 spiro atoms. The topological polar surface area (TPSA) is 46.6 Å². The van der Waals surface area contributed by atoms with Crippen LogP contribution in [0.2, 0.25) is 0 Å². The van der Waals surface area contributed by atoms with Crippen molar-refractivity contribution in [3.63, 3.8) is 0 Å². The Morgan fingerprint density at radius 2 is 2.07 bits per heavy atom. The molecule has 1 rings (SSSR count). The summed E-state index contributed by atoms with van der Waals surface area (Å²) in [5, 5.41) is 0. The average Bonchev–Trinajstić information content (AvgIpc) is 2.01. The van der Waals surface area contributed by atoms with Gasteiger partial charge in [-0.3, -0.25) is 9.59 Å². The maximum absolute atomic E-state index is 11.5. The number of hydrogen-bond acceptors (Lipinski definition) is 3. The molecule has 0 aliphatic carbocycles. The van der Waals surface area contributed by atoms with Crippen molar-refractivity contribution in [2.45, 2.75) is 32.8 Å². The fourth-order valence-corrected chi connectivity index (χ4v) is 1.55. The molecular formula is C10H17NO3.